The Balaban J connectivity index is 4.78. The SMILES string of the molecule is C=CCC(C)(NC(C)=O)C(=S)N(C)C. The Kier molecular flexibility index (Phi) is 4.77. The molecular formula is C10H18N2OS. The second-order valence-corrected chi connectivity index (χ2v) is 4.09. The molecular weight excluding hydrogens is 196 g/mol. The first-order valence-electron chi connectivity index (χ1n) is 4.45. The molecule has 0 rings (SSSR count). The number of amides is 1. The maximum atomic E-state index is 11.0. The normalized spacial score (nSPS) is 14.0. The maximum absolute atomic E-state index is 11.0. The second-order valence-electron chi connectivity index (χ2n) is 3.71. The highest BCUT2D eigenvalue weighted by Gasteiger charge is 2.30. The molecule has 0 aromatic rings. The van der Waals surface area contributed by atoms with Crippen LogP contribution in [0.15, 0.2) is 12.7 Å². The van der Waals surface area contributed by atoms with Crippen LogP contribution in [0.5, 0.6) is 0 Å². The quantitative estimate of drug-likeness (QED) is 0.566. The average Bonchev–Trinajstić information content (AvgIpc) is 2.01. The van der Waals surface area contributed by atoms with E-state index in [1.165, 1.54) is 6.92 Å². The number of hydrogen-bond donors (Lipinski definition) is 1. The van der Waals surface area contributed by atoms with E-state index >= 15 is 0 Å². The van der Waals surface area contributed by atoms with E-state index in [9.17, 15) is 4.79 Å². The lowest BCUT2D eigenvalue weighted by Crippen LogP contribution is -2.54. The average molecular weight is 214 g/mol. The van der Waals surface area contributed by atoms with Crippen LogP contribution in [0.4, 0.5) is 0 Å². The molecule has 14 heavy (non-hydrogen) atoms. The van der Waals surface area contributed by atoms with Crippen molar-refractivity contribution in [3.05, 3.63) is 12.7 Å². The highest BCUT2D eigenvalue weighted by atomic mass is 32.1. The number of hydrogen-bond acceptors (Lipinski definition) is 2. The van der Waals surface area contributed by atoms with E-state index in [4.69, 9.17) is 12.2 Å². The molecule has 0 spiro atoms. The summed E-state index contributed by atoms with van der Waals surface area (Å²) in [4.78, 5) is 13.6. The molecule has 0 fully saturated rings. The van der Waals surface area contributed by atoms with E-state index in [1.807, 2.05) is 25.9 Å². The molecule has 1 amide bonds. The molecule has 0 aliphatic carbocycles. The van der Waals surface area contributed by atoms with Crippen molar-refractivity contribution in [1.82, 2.24) is 10.2 Å². The topological polar surface area (TPSA) is 32.3 Å². The summed E-state index contributed by atoms with van der Waals surface area (Å²) >= 11 is 5.26. The van der Waals surface area contributed by atoms with Gasteiger partial charge in [0.2, 0.25) is 5.91 Å². The van der Waals surface area contributed by atoms with Gasteiger partial charge in [0.15, 0.2) is 0 Å². The summed E-state index contributed by atoms with van der Waals surface area (Å²) in [5.74, 6) is -0.0847. The van der Waals surface area contributed by atoms with E-state index in [0.29, 0.717) is 11.4 Å². The van der Waals surface area contributed by atoms with Crippen molar-refractivity contribution >= 4 is 23.1 Å². The van der Waals surface area contributed by atoms with Crippen LogP contribution in [0.1, 0.15) is 20.3 Å². The molecule has 0 radical (unpaired) electrons. The number of carbonyl (C=O) groups excluding carboxylic acids is 1. The largest absolute Gasteiger partial charge is 0.370 e. The Hall–Kier alpha value is -0.900. The molecule has 0 saturated carbocycles. The summed E-state index contributed by atoms with van der Waals surface area (Å²) in [5.41, 5.74) is -0.508. The number of nitrogens with zero attached hydrogens (tertiary/aromatic N) is 1. The van der Waals surface area contributed by atoms with Gasteiger partial charge in [-0.05, 0) is 13.3 Å². The minimum atomic E-state index is -0.508. The summed E-state index contributed by atoms with van der Waals surface area (Å²) in [7, 11) is 3.73. The third-order valence-electron chi connectivity index (χ3n) is 1.88. The van der Waals surface area contributed by atoms with Gasteiger partial charge in [-0.25, -0.2) is 0 Å². The summed E-state index contributed by atoms with van der Waals surface area (Å²) in [5, 5.41) is 2.85. The van der Waals surface area contributed by atoms with Gasteiger partial charge in [0, 0.05) is 21.0 Å². The lowest BCUT2D eigenvalue weighted by Gasteiger charge is -2.33. The van der Waals surface area contributed by atoms with Crippen molar-refractivity contribution in [2.45, 2.75) is 25.8 Å². The number of likely N-dealkylation sites (N-methyl/N-ethyl adjacent to an activating group) is 1. The fraction of sp³-hybridized carbons (Fsp3) is 0.600. The standard InChI is InChI=1S/C10H18N2OS/c1-6-7-10(3,11-8(2)13)9(14)12(4)5/h6H,1,7H2,2-5H3,(H,11,13). The molecule has 0 heterocycles. The van der Waals surface area contributed by atoms with Crippen LogP contribution in [-0.2, 0) is 4.79 Å². The van der Waals surface area contributed by atoms with E-state index < -0.39 is 5.54 Å². The van der Waals surface area contributed by atoms with Crippen molar-refractivity contribution < 1.29 is 4.79 Å². The molecule has 3 nitrogen and oxygen atoms in total. The lowest BCUT2D eigenvalue weighted by molar-refractivity contribution is -0.120. The van der Waals surface area contributed by atoms with Crippen LogP contribution in [0, 0.1) is 0 Å². The van der Waals surface area contributed by atoms with Gasteiger partial charge < -0.3 is 10.2 Å². The van der Waals surface area contributed by atoms with Gasteiger partial charge in [-0.1, -0.05) is 18.3 Å². The molecule has 0 bridgehead atoms. The fourth-order valence-electron chi connectivity index (χ4n) is 1.36. The Bertz CT molecular complexity index is 251. The Morgan fingerprint density at radius 1 is 1.64 bits per heavy atom. The van der Waals surface area contributed by atoms with Gasteiger partial charge in [-0.3, -0.25) is 4.79 Å². The van der Waals surface area contributed by atoms with Gasteiger partial charge in [0.05, 0.1) is 5.54 Å². The van der Waals surface area contributed by atoms with Crippen molar-refractivity contribution in [3.8, 4) is 0 Å². The number of thiocarbonyl (C=S) groups is 1. The molecule has 1 N–H and O–H groups in total. The Labute approximate surface area is 91.2 Å². The maximum Gasteiger partial charge on any atom is 0.217 e. The Morgan fingerprint density at radius 3 is 2.43 bits per heavy atom. The zero-order chi connectivity index (χ0) is 11.4. The zero-order valence-electron chi connectivity index (χ0n) is 9.26. The van der Waals surface area contributed by atoms with Crippen LogP contribution in [-0.4, -0.2) is 35.4 Å². The molecule has 4 heteroatoms. The van der Waals surface area contributed by atoms with Gasteiger partial charge in [-0.15, -0.1) is 6.58 Å². The summed E-state index contributed by atoms with van der Waals surface area (Å²) in [6.07, 6.45) is 2.38. The minimum Gasteiger partial charge on any atom is -0.370 e. The van der Waals surface area contributed by atoms with Gasteiger partial charge >= 0.3 is 0 Å². The summed E-state index contributed by atoms with van der Waals surface area (Å²) < 4.78 is 0. The highest BCUT2D eigenvalue weighted by Crippen LogP contribution is 2.14. The molecule has 80 valence electrons. The Morgan fingerprint density at radius 2 is 2.14 bits per heavy atom. The predicted octanol–water partition coefficient (Wildman–Crippen LogP) is 1.35. The molecule has 1 unspecified atom stereocenters. The summed E-state index contributed by atoms with van der Waals surface area (Å²) in [6.45, 7) is 7.05. The van der Waals surface area contributed by atoms with Crippen molar-refractivity contribution in [1.29, 1.82) is 0 Å². The van der Waals surface area contributed by atoms with Crippen molar-refractivity contribution in [3.63, 3.8) is 0 Å². The predicted molar refractivity (Wildman–Crippen MR) is 63.3 cm³/mol. The molecule has 0 aliphatic heterocycles. The summed E-state index contributed by atoms with van der Waals surface area (Å²) in [6, 6.07) is 0. The third-order valence-corrected chi connectivity index (χ3v) is 2.70. The fourth-order valence-corrected chi connectivity index (χ4v) is 1.50. The van der Waals surface area contributed by atoms with Crippen molar-refractivity contribution in [2.24, 2.45) is 0 Å². The van der Waals surface area contributed by atoms with Crippen LogP contribution in [0.2, 0.25) is 0 Å². The van der Waals surface area contributed by atoms with E-state index in [-0.39, 0.29) is 5.91 Å². The van der Waals surface area contributed by atoms with Crippen LogP contribution < -0.4 is 5.32 Å². The zero-order valence-corrected chi connectivity index (χ0v) is 10.1. The first-order valence-corrected chi connectivity index (χ1v) is 4.85. The van der Waals surface area contributed by atoms with Crippen LogP contribution >= 0.6 is 12.2 Å². The number of nitrogens with one attached hydrogen (secondary N) is 1. The van der Waals surface area contributed by atoms with Crippen LogP contribution in [0.25, 0.3) is 0 Å². The number of carbonyl (C=O) groups is 1. The first-order chi connectivity index (χ1) is 6.33. The van der Waals surface area contributed by atoms with E-state index in [0.717, 1.165) is 0 Å². The van der Waals surface area contributed by atoms with E-state index in [1.54, 1.807) is 6.08 Å². The highest BCUT2D eigenvalue weighted by molar-refractivity contribution is 7.80. The molecule has 0 saturated heterocycles. The van der Waals surface area contributed by atoms with Gasteiger partial charge in [0.25, 0.3) is 0 Å². The molecule has 0 aromatic heterocycles. The monoisotopic (exact) mass is 214 g/mol. The van der Waals surface area contributed by atoms with Gasteiger partial charge in [0.1, 0.15) is 4.99 Å². The number of rotatable bonds is 4. The molecule has 0 aliphatic rings. The van der Waals surface area contributed by atoms with Crippen LogP contribution in [0.3, 0.4) is 0 Å². The molecule has 1 atom stereocenters. The molecule has 0 aromatic carbocycles. The smallest absolute Gasteiger partial charge is 0.217 e. The first kappa shape index (κ1) is 13.1. The third kappa shape index (κ3) is 3.46. The second kappa shape index (κ2) is 5.10. The van der Waals surface area contributed by atoms with E-state index in [2.05, 4.69) is 11.9 Å². The minimum absolute atomic E-state index is 0.0847. The lowest BCUT2D eigenvalue weighted by atomic mass is 9.97. The van der Waals surface area contributed by atoms with Crippen molar-refractivity contribution in [2.75, 3.05) is 14.1 Å². The van der Waals surface area contributed by atoms with Gasteiger partial charge in [-0.2, -0.15) is 0 Å².